The van der Waals surface area contributed by atoms with Gasteiger partial charge in [-0.1, -0.05) is 0 Å². The highest BCUT2D eigenvalue weighted by atomic mass is 16.6. The zero-order valence-corrected chi connectivity index (χ0v) is 30.0. The summed E-state index contributed by atoms with van der Waals surface area (Å²) in [5, 5.41) is 0. The molecule has 2 heterocycles. The van der Waals surface area contributed by atoms with Gasteiger partial charge in [0.1, 0.15) is 48.4 Å². The van der Waals surface area contributed by atoms with Crippen LogP contribution in [0.15, 0.2) is 48.5 Å². The van der Waals surface area contributed by atoms with E-state index < -0.39 is 0 Å². The van der Waals surface area contributed by atoms with Gasteiger partial charge in [-0.25, -0.2) is 0 Å². The Labute approximate surface area is 286 Å². The molecular weight excluding hydrogens is 600 g/mol. The van der Waals surface area contributed by atoms with Crippen LogP contribution in [0, 0.1) is 55.4 Å². The van der Waals surface area contributed by atoms with Crippen LogP contribution in [0.3, 0.4) is 0 Å². The Hall–Kier alpha value is -4.00. The molecule has 6 rings (SSSR count). The molecule has 254 valence electrons. The molecule has 2 fully saturated rings. The van der Waals surface area contributed by atoms with Gasteiger partial charge in [-0.2, -0.15) is 0 Å². The highest BCUT2D eigenvalue weighted by molar-refractivity contribution is 5.71. The second kappa shape index (κ2) is 14.2. The van der Waals surface area contributed by atoms with Crippen LogP contribution in [-0.4, -0.2) is 51.3 Å². The Kier molecular flexibility index (Phi) is 10.0. The number of hydrogen-bond donors (Lipinski definition) is 0. The fourth-order valence-corrected chi connectivity index (χ4v) is 6.60. The second-order valence-corrected chi connectivity index (χ2v) is 13.9. The van der Waals surface area contributed by atoms with Crippen molar-refractivity contribution in [1.82, 2.24) is 0 Å². The van der Waals surface area contributed by atoms with Gasteiger partial charge in [0.15, 0.2) is 0 Å². The minimum atomic E-state index is 0.00247. The molecule has 48 heavy (non-hydrogen) atoms. The molecule has 6 nitrogen and oxygen atoms in total. The van der Waals surface area contributed by atoms with Gasteiger partial charge in [-0.15, -0.1) is 0 Å². The van der Waals surface area contributed by atoms with Crippen LogP contribution in [-0.2, 0) is 9.47 Å². The van der Waals surface area contributed by atoms with Gasteiger partial charge in [0.25, 0.3) is 0 Å². The molecule has 4 aromatic rings. The van der Waals surface area contributed by atoms with Crippen molar-refractivity contribution in [3.8, 4) is 45.3 Å². The van der Waals surface area contributed by atoms with Crippen LogP contribution in [0.5, 0.6) is 23.0 Å². The first-order valence-electron chi connectivity index (χ1n) is 17.2. The number of epoxide rings is 2. The quantitative estimate of drug-likeness (QED) is 0.127. The maximum atomic E-state index is 6.51. The van der Waals surface area contributed by atoms with E-state index in [4.69, 9.17) is 28.4 Å². The molecular formula is C42H50O6. The van der Waals surface area contributed by atoms with Crippen molar-refractivity contribution in [2.45, 2.75) is 87.0 Å². The van der Waals surface area contributed by atoms with Crippen LogP contribution < -0.4 is 18.9 Å². The third-order valence-corrected chi connectivity index (χ3v) is 9.23. The Morgan fingerprint density at radius 1 is 0.500 bits per heavy atom. The molecule has 3 atom stereocenters. The summed E-state index contributed by atoms with van der Waals surface area (Å²) in [5.74, 6) is 3.81. The Morgan fingerprint density at radius 3 is 1.10 bits per heavy atom. The second-order valence-electron chi connectivity index (χ2n) is 13.9. The van der Waals surface area contributed by atoms with Crippen LogP contribution in [0.25, 0.3) is 22.3 Å². The SMILES string of the molecule is Cc1cc(-c2cc(C)c(OCC3CO3)c(C)c2)cc(C)c1OCCC(C)Oc1c(C)cc(-c2cc(C)c(OCC3CO3)c(C)c2)cc1C. The largest absolute Gasteiger partial charge is 0.493 e. The van der Waals surface area contributed by atoms with Crippen LogP contribution in [0.4, 0.5) is 0 Å². The number of hydrogen-bond acceptors (Lipinski definition) is 6. The van der Waals surface area contributed by atoms with E-state index in [1.54, 1.807) is 0 Å². The van der Waals surface area contributed by atoms with Gasteiger partial charge < -0.3 is 28.4 Å². The third-order valence-electron chi connectivity index (χ3n) is 9.23. The van der Waals surface area contributed by atoms with Gasteiger partial charge in [0.05, 0.1) is 25.9 Å². The van der Waals surface area contributed by atoms with E-state index >= 15 is 0 Å². The van der Waals surface area contributed by atoms with Crippen molar-refractivity contribution in [3.63, 3.8) is 0 Å². The minimum Gasteiger partial charge on any atom is -0.493 e. The highest BCUT2D eigenvalue weighted by Gasteiger charge is 2.25. The van der Waals surface area contributed by atoms with E-state index in [0.29, 0.717) is 19.8 Å². The summed E-state index contributed by atoms with van der Waals surface area (Å²) in [7, 11) is 0. The van der Waals surface area contributed by atoms with E-state index in [0.717, 1.165) is 87.1 Å². The number of rotatable bonds is 14. The van der Waals surface area contributed by atoms with Gasteiger partial charge in [-0.05, 0) is 178 Å². The molecule has 0 aromatic heterocycles. The first-order valence-corrected chi connectivity index (χ1v) is 17.2. The van der Waals surface area contributed by atoms with Gasteiger partial charge in [0, 0.05) is 6.42 Å². The number of ether oxygens (including phenoxy) is 6. The molecule has 0 amide bonds. The van der Waals surface area contributed by atoms with Crippen molar-refractivity contribution in [1.29, 1.82) is 0 Å². The van der Waals surface area contributed by atoms with Gasteiger partial charge in [0.2, 0.25) is 0 Å². The Morgan fingerprint density at radius 2 is 0.792 bits per heavy atom. The lowest BCUT2D eigenvalue weighted by Crippen LogP contribution is -2.17. The molecule has 0 spiro atoms. The summed E-state index contributed by atoms with van der Waals surface area (Å²) < 4.78 is 35.6. The van der Waals surface area contributed by atoms with Crippen LogP contribution in [0.2, 0.25) is 0 Å². The van der Waals surface area contributed by atoms with E-state index in [2.05, 4.69) is 111 Å². The molecule has 0 N–H and O–H groups in total. The lowest BCUT2D eigenvalue weighted by atomic mass is 9.96. The first kappa shape index (κ1) is 33.9. The van der Waals surface area contributed by atoms with E-state index in [1.807, 2.05) is 0 Å². The predicted molar refractivity (Wildman–Crippen MR) is 192 cm³/mol. The fourth-order valence-electron chi connectivity index (χ4n) is 6.60. The molecule has 6 heteroatoms. The predicted octanol–water partition coefficient (Wildman–Crippen LogP) is 9.28. The standard InChI is InChI=1S/C42H50O6/c1-24-12-33(34-14-26(3)40(27(4)15-34)46-22-37-20-44-37)13-25(2)39(24)43-11-10-32(9)48-42-30(7)18-36(19-31(42)8)35-16-28(5)41(29(6)17-35)47-23-38-21-45-38/h12-19,32,37-38H,10-11,20-23H2,1-9H3. The molecule has 0 bridgehead atoms. The summed E-state index contributed by atoms with van der Waals surface area (Å²) in [6.07, 6.45) is 1.27. The Balaban J connectivity index is 1.06. The average Bonchev–Trinajstić information content (AvgIpc) is 3.95. The maximum Gasteiger partial charge on any atom is 0.125 e. The molecule has 2 aliphatic heterocycles. The van der Waals surface area contributed by atoms with Crippen LogP contribution in [0.1, 0.15) is 57.9 Å². The minimum absolute atomic E-state index is 0.00247. The van der Waals surface area contributed by atoms with Crippen LogP contribution >= 0.6 is 0 Å². The topological polar surface area (TPSA) is 62.0 Å². The lowest BCUT2D eigenvalue weighted by molar-refractivity contribution is 0.174. The van der Waals surface area contributed by atoms with Crippen molar-refractivity contribution >= 4 is 0 Å². The first-order chi connectivity index (χ1) is 23.0. The molecule has 0 saturated carbocycles. The lowest BCUT2D eigenvalue weighted by Gasteiger charge is -2.21. The summed E-state index contributed by atoms with van der Waals surface area (Å²) in [6, 6.07) is 17.7. The Bertz CT molecular complexity index is 1710. The zero-order chi connectivity index (χ0) is 34.1. The fraction of sp³-hybridized carbons (Fsp3) is 0.429. The molecule has 4 aromatic carbocycles. The van der Waals surface area contributed by atoms with E-state index in [-0.39, 0.29) is 18.3 Å². The van der Waals surface area contributed by atoms with Crippen molar-refractivity contribution in [3.05, 3.63) is 93.0 Å². The summed E-state index contributed by atoms with van der Waals surface area (Å²) in [6.45, 7) is 22.5. The van der Waals surface area contributed by atoms with E-state index in [1.165, 1.54) is 22.3 Å². The monoisotopic (exact) mass is 650 g/mol. The molecule has 0 aliphatic carbocycles. The summed E-state index contributed by atoms with van der Waals surface area (Å²) in [5.41, 5.74) is 13.8. The van der Waals surface area contributed by atoms with Crippen molar-refractivity contribution in [2.75, 3.05) is 33.0 Å². The molecule has 2 saturated heterocycles. The summed E-state index contributed by atoms with van der Waals surface area (Å²) in [4.78, 5) is 0. The zero-order valence-electron chi connectivity index (χ0n) is 30.0. The third kappa shape index (κ3) is 7.99. The molecule has 2 aliphatic rings. The summed E-state index contributed by atoms with van der Waals surface area (Å²) >= 11 is 0. The smallest absolute Gasteiger partial charge is 0.125 e. The van der Waals surface area contributed by atoms with Gasteiger partial charge in [-0.3, -0.25) is 0 Å². The highest BCUT2D eigenvalue weighted by Crippen LogP contribution is 2.37. The molecule has 3 unspecified atom stereocenters. The average molecular weight is 651 g/mol. The maximum absolute atomic E-state index is 6.51. The normalized spacial score (nSPS) is 17.2. The molecule has 0 radical (unpaired) electrons. The van der Waals surface area contributed by atoms with Crippen molar-refractivity contribution in [2.24, 2.45) is 0 Å². The number of benzene rings is 4. The van der Waals surface area contributed by atoms with Crippen molar-refractivity contribution < 1.29 is 28.4 Å². The number of aryl methyl sites for hydroxylation is 8. The van der Waals surface area contributed by atoms with E-state index in [9.17, 15) is 0 Å². The van der Waals surface area contributed by atoms with Gasteiger partial charge >= 0.3 is 0 Å².